The summed E-state index contributed by atoms with van der Waals surface area (Å²) in [5, 5.41) is 15.0. The van der Waals surface area contributed by atoms with E-state index in [9.17, 15) is 4.79 Å². The monoisotopic (exact) mass is 361 g/mol. The van der Waals surface area contributed by atoms with Gasteiger partial charge in [-0.15, -0.1) is 16.9 Å². The predicted octanol–water partition coefficient (Wildman–Crippen LogP) is 2.77. The number of nitrogens with one attached hydrogen (secondary N) is 1. The fraction of sp³-hybridized carbons (Fsp3) is 0.200. The van der Waals surface area contributed by atoms with E-state index in [2.05, 4.69) is 20.8 Å². The number of tetrazole rings is 1. The fourth-order valence-electron chi connectivity index (χ4n) is 2.01. The number of para-hydroxylation sites is 1. The number of furan rings is 1. The maximum Gasteiger partial charge on any atom is 0.234 e. The summed E-state index contributed by atoms with van der Waals surface area (Å²) in [7, 11) is 0. The van der Waals surface area contributed by atoms with Gasteiger partial charge in [0, 0.05) is 4.90 Å². The smallest absolute Gasteiger partial charge is 0.234 e. The minimum atomic E-state index is -0.103. The van der Waals surface area contributed by atoms with Gasteiger partial charge in [0.1, 0.15) is 12.3 Å². The molecule has 0 unspecified atom stereocenters. The van der Waals surface area contributed by atoms with Gasteiger partial charge in [0.2, 0.25) is 11.1 Å². The third-order valence-corrected chi connectivity index (χ3v) is 4.85. The van der Waals surface area contributed by atoms with Gasteiger partial charge < -0.3 is 9.73 Å². The second-order valence-corrected chi connectivity index (χ2v) is 6.53. The normalized spacial score (nSPS) is 10.7. The average molecular weight is 361 g/mol. The molecular formula is C15H15N5O2S2. The first kappa shape index (κ1) is 16.6. The highest BCUT2D eigenvalue weighted by Crippen LogP contribution is 2.25. The van der Waals surface area contributed by atoms with E-state index in [1.807, 2.05) is 42.7 Å². The zero-order chi connectivity index (χ0) is 16.8. The van der Waals surface area contributed by atoms with E-state index >= 15 is 0 Å². The largest absolute Gasteiger partial charge is 0.467 e. The number of aromatic nitrogens is 4. The first-order chi connectivity index (χ1) is 11.8. The molecule has 3 rings (SSSR count). The first-order valence-electron chi connectivity index (χ1n) is 7.10. The van der Waals surface area contributed by atoms with E-state index in [4.69, 9.17) is 4.42 Å². The van der Waals surface area contributed by atoms with Gasteiger partial charge in [-0.25, -0.2) is 4.68 Å². The molecule has 7 nitrogen and oxygen atoms in total. The molecule has 2 aromatic heterocycles. The molecule has 2 heterocycles. The molecule has 124 valence electrons. The second kappa shape index (κ2) is 8.02. The van der Waals surface area contributed by atoms with Crippen molar-refractivity contribution in [2.45, 2.75) is 16.6 Å². The molecule has 0 bridgehead atoms. The maximum atomic E-state index is 12.2. The number of nitrogens with zero attached hydrogens (tertiary/aromatic N) is 4. The molecule has 0 aliphatic rings. The topological polar surface area (TPSA) is 85.8 Å². The number of hydrogen-bond donors (Lipinski definition) is 1. The van der Waals surface area contributed by atoms with Crippen molar-refractivity contribution in [3.63, 3.8) is 0 Å². The van der Waals surface area contributed by atoms with Gasteiger partial charge in [-0.05, 0) is 40.9 Å². The molecule has 0 spiro atoms. The molecule has 24 heavy (non-hydrogen) atoms. The van der Waals surface area contributed by atoms with Crippen LogP contribution in [-0.4, -0.2) is 38.1 Å². The quantitative estimate of drug-likeness (QED) is 0.648. The lowest BCUT2D eigenvalue weighted by Gasteiger charge is -2.08. The molecule has 9 heteroatoms. The van der Waals surface area contributed by atoms with E-state index < -0.39 is 0 Å². The lowest BCUT2D eigenvalue weighted by Crippen LogP contribution is -2.15. The zero-order valence-electron chi connectivity index (χ0n) is 12.9. The lowest BCUT2D eigenvalue weighted by atomic mass is 10.3. The van der Waals surface area contributed by atoms with Crippen LogP contribution in [0.5, 0.6) is 0 Å². The van der Waals surface area contributed by atoms with E-state index in [0.717, 1.165) is 16.3 Å². The molecule has 0 saturated carbocycles. The third-order valence-electron chi connectivity index (χ3n) is 3.10. The van der Waals surface area contributed by atoms with Gasteiger partial charge >= 0.3 is 0 Å². The molecule has 1 amide bonds. The summed E-state index contributed by atoms with van der Waals surface area (Å²) >= 11 is 2.87. The van der Waals surface area contributed by atoms with Crippen molar-refractivity contribution in [2.75, 3.05) is 17.3 Å². The summed E-state index contributed by atoms with van der Waals surface area (Å²) in [6, 6.07) is 11.4. The molecular weight excluding hydrogens is 346 g/mol. The van der Waals surface area contributed by atoms with Crippen LogP contribution in [0.25, 0.3) is 0 Å². The summed E-state index contributed by atoms with van der Waals surface area (Å²) in [5.74, 6) is 0.873. The summed E-state index contributed by atoms with van der Waals surface area (Å²) in [6.07, 6.45) is 3.58. The minimum absolute atomic E-state index is 0.103. The molecule has 0 aliphatic carbocycles. The Morgan fingerprint density at radius 2 is 2.17 bits per heavy atom. The van der Waals surface area contributed by atoms with Gasteiger partial charge in [0.15, 0.2) is 0 Å². The summed E-state index contributed by atoms with van der Waals surface area (Å²) < 4.78 is 6.89. The molecule has 0 fully saturated rings. The highest BCUT2D eigenvalue weighted by Gasteiger charge is 2.12. The van der Waals surface area contributed by atoms with Gasteiger partial charge in [0.05, 0.1) is 17.7 Å². The van der Waals surface area contributed by atoms with Gasteiger partial charge in [0.25, 0.3) is 0 Å². The maximum absolute atomic E-state index is 12.2. The SMILES string of the molecule is CSc1ccccc1NC(=O)CSc1nnnn1Cc1ccco1. The second-order valence-electron chi connectivity index (χ2n) is 4.74. The highest BCUT2D eigenvalue weighted by atomic mass is 32.2. The lowest BCUT2D eigenvalue weighted by molar-refractivity contribution is -0.113. The zero-order valence-corrected chi connectivity index (χ0v) is 14.5. The van der Waals surface area contributed by atoms with Crippen LogP contribution < -0.4 is 5.32 Å². The van der Waals surface area contributed by atoms with Gasteiger partial charge in [-0.2, -0.15) is 0 Å². The fourth-order valence-corrected chi connectivity index (χ4v) is 3.24. The van der Waals surface area contributed by atoms with E-state index in [1.54, 1.807) is 22.7 Å². The third kappa shape index (κ3) is 4.18. The average Bonchev–Trinajstić information content (AvgIpc) is 3.26. The summed E-state index contributed by atoms with van der Waals surface area (Å²) in [6.45, 7) is 0.430. The number of anilines is 1. The van der Waals surface area contributed by atoms with Crippen molar-refractivity contribution in [3.8, 4) is 0 Å². The van der Waals surface area contributed by atoms with Gasteiger partial charge in [-0.3, -0.25) is 4.79 Å². The van der Waals surface area contributed by atoms with Crippen LogP contribution in [0.3, 0.4) is 0 Å². The molecule has 0 saturated heterocycles. The van der Waals surface area contributed by atoms with Crippen LogP contribution in [0.15, 0.2) is 57.1 Å². The van der Waals surface area contributed by atoms with Crippen molar-refractivity contribution < 1.29 is 9.21 Å². The highest BCUT2D eigenvalue weighted by molar-refractivity contribution is 7.99. The number of thioether (sulfide) groups is 2. The Morgan fingerprint density at radius 3 is 2.96 bits per heavy atom. The Morgan fingerprint density at radius 1 is 1.29 bits per heavy atom. The van der Waals surface area contributed by atoms with Crippen molar-refractivity contribution in [1.82, 2.24) is 20.2 Å². The Kier molecular flexibility index (Phi) is 5.55. The number of carbonyl (C=O) groups excluding carboxylic acids is 1. The Hall–Kier alpha value is -2.26. The van der Waals surface area contributed by atoms with Crippen LogP contribution in [0, 0.1) is 0 Å². The standard InChI is InChI=1S/C15H15N5O2S2/c1-23-13-7-3-2-6-12(13)16-14(21)10-24-15-17-18-19-20(15)9-11-5-4-8-22-11/h2-8H,9-10H2,1H3,(H,16,21). The van der Waals surface area contributed by atoms with Crippen LogP contribution in [0.4, 0.5) is 5.69 Å². The molecule has 1 aromatic carbocycles. The number of hydrogen-bond acceptors (Lipinski definition) is 7. The van der Waals surface area contributed by atoms with Gasteiger partial charge in [-0.1, -0.05) is 23.9 Å². The van der Waals surface area contributed by atoms with Crippen LogP contribution >= 0.6 is 23.5 Å². The molecule has 1 N–H and O–H groups in total. The first-order valence-corrected chi connectivity index (χ1v) is 9.31. The predicted molar refractivity (Wildman–Crippen MR) is 93.2 cm³/mol. The Labute approximate surface area is 147 Å². The van der Waals surface area contributed by atoms with Crippen molar-refractivity contribution >= 4 is 35.1 Å². The summed E-state index contributed by atoms with van der Waals surface area (Å²) in [5.41, 5.74) is 0.811. The summed E-state index contributed by atoms with van der Waals surface area (Å²) in [4.78, 5) is 13.2. The van der Waals surface area contributed by atoms with Crippen molar-refractivity contribution in [3.05, 3.63) is 48.4 Å². The number of carbonyl (C=O) groups is 1. The number of benzene rings is 1. The molecule has 3 aromatic rings. The van der Waals surface area contributed by atoms with Crippen molar-refractivity contribution in [1.29, 1.82) is 0 Å². The number of amides is 1. The Bertz CT molecular complexity index is 804. The molecule has 0 atom stereocenters. The van der Waals surface area contributed by atoms with Crippen LogP contribution in [0.1, 0.15) is 5.76 Å². The minimum Gasteiger partial charge on any atom is -0.467 e. The van der Waals surface area contributed by atoms with E-state index in [-0.39, 0.29) is 11.7 Å². The van der Waals surface area contributed by atoms with Crippen LogP contribution in [0.2, 0.25) is 0 Å². The molecule has 0 radical (unpaired) electrons. The van der Waals surface area contributed by atoms with E-state index in [0.29, 0.717) is 11.7 Å². The van der Waals surface area contributed by atoms with E-state index in [1.165, 1.54) is 11.8 Å². The van der Waals surface area contributed by atoms with Crippen LogP contribution in [-0.2, 0) is 11.3 Å². The van der Waals surface area contributed by atoms with Crippen molar-refractivity contribution in [2.24, 2.45) is 0 Å². The molecule has 0 aliphatic heterocycles. The number of rotatable bonds is 7. The Balaban J connectivity index is 1.58.